The summed E-state index contributed by atoms with van der Waals surface area (Å²) in [7, 11) is 0. The molecule has 0 saturated heterocycles. The lowest BCUT2D eigenvalue weighted by Crippen LogP contribution is -2.37. The number of carbonyl (C=O) groups excluding carboxylic acids is 1. The van der Waals surface area contributed by atoms with Crippen molar-refractivity contribution in [2.75, 3.05) is 6.61 Å². The molecule has 5 heteroatoms. The molecular weight excluding hydrogens is 235 g/mol. The predicted molar refractivity (Wildman–Crippen MR) is 66.9 cm³/mol. The van der Waals surface area contributed by atoms with E-state index in [0.29, 0.717) is 23.0 Å². The fourth-order valence-corrected chi connectivity index (χ4v) is 1.77. The first-order chi connectivity index (χ1) is 8.63. The summed E-state index contributed by atoms with van der Waals surface area (Å²) in [5.41, 5.74) is 1.07. The lowest BCUT2D eigenvalue weighted by molar-refractivity contribution is 0.0910. The Morgan fingerprint density at radius 3 is 2.94 bits per heavy atom. The predicted octanol–water partition coefficient (Wildman–Crippen LogP) is 1.81. The van der Waals surface area contributed by atoms with E-state index < -0.39 is 0 Å². The van der Waals surface area contributed by atoms with E-state index in [9.17, 15) is 9.18 Å². The number of aliphatic hydroxyl groups is 1. The molecule has 96 valence electrons. The number of benzene rings is 1. The number of nitrogens with one attached hydrogen (secondary N) is 2. The van der Waals surface area contributed by atoms with Gasteiger partial charge in [-0.05, 0) is 30.7 Å². The van der Waals surface area contributed by atoms with Gasteiger partial charge in [0.25, 0.3) is 5.91 Å². The number of hydrogen-bond donors (Lipinski definition) is 3. The fourth-order valence-electron chi connectivity index (χ4n) is 1.77. The Morgan fingerprint density at radius 1 is 1.50 bits per heavy atom. The molecule has 1 atom stereocenters. The number of fused-ring (bicyclic) bond motifs is 1. The Kier molecular flexibility index (Phi) is 3.62. The molecule has 4 nitrogen and oxygen atoms in total. The Morgan fingerprint density at radius 2 is 2.28 bits per heavy atom. The highest BCUT2D eigenvalue weighted by atomic mass is 19.1. The van der Waals surface area contributed by atoms with Crippen LogP contribution in [0.25, 0.3) is 10.9 Å². The fraction of sp³-hybridized carbons (Fsp3) is 0.308. The molecule has 0 saturated carbocycles. The van der Waals surface area contributed by atoms with Crippen LogP contribution >= 0.6 is 0 Å². The molecule has 3 N–H and O–H groups in total. The maximum atomic E-state index is 13.0. The maximum absolute atomic E-state index is 13.0. The summed E-state index contributed by atoms with van der Waals surface area (Å²) in [5, 5.41) is 12.4. The highest BCUT2D eigenvalue weighted by Crippen LogP contribution is 2.16. The lowest BCUT2D eigenvalue weighted by atomic mass is 10.2. The molecule has 1 aromatic carbocycles. The summed E-state index contributed by atoms with van der Waals surface area (Å²) in [5.74, 6) is -0.636. The second kappa shape index (κ2) is 5.18. The van der Waals surface area contributed by atoms with Gasteiger partial charge in [-0.25, -0.2) is 4.39 Å². The molecule has 1 heterocycles. The molecule has 0 aliphatic carbocycles. The number of amides is 1. The van der Waals surface area contributed by atoms with Crippen molar-refractivity contribution >= 4 is 16.8 Å². The van der Waals surface area contributed by atoms with Gasteiger partial charge in [0, 0.05) is 10.9 Å². The molecule has 1 amide bonds. The molecule has 0 fully saturated rings. The number of aromatic nitrogens is 1. The van der Waals surface area contributed by atoms with Gasteiger partial charge in [0.15, 0.2) is 0 Å². The normalized spacial score (nSPS) is 12.6. The molecular formula is C13H15FN2O2. The van der Waals surface area contributed by atoms with Gasteiger partial charge < -0.3 is 15.4 Å². The van der Waals surface area contributed by atoms with Crippen molar-refractivity contribution in [1.29, 1.82) is 0 Å². The second-order valence-electron chi connectivity index (χ2n) is 4.18. The van der Waals surface area contributed by atoms with Crippen molar-refractivity contribution < 1.29 is 14.3 Å². The average molecular weight is 250 g/mol. The quantitative estimate of drug-likeness (QED) is 0.774. The number of carbonyl (C=O) groups is 1. The molecule has 0 bridgehead atoms. The van der Waals surface area contributed by atoms with E-state index in [1.165, 1.54) is 12.1 Å². The van der Waals surface area contributed by atoms with Crippen molar-refractivity contribution in [1.82, 2.24) is 10.3 Å². The number of hydrogen-bond acceptors (Lipinski definition) is 2. The Balaban J connectivity index is 2.23. The summed E-state index contributed by atoms with van der Waals surface area (Å²) >= 11 is 0. The highest BCUT2D eigenvalue weighted by Gasteiger charge is 2.13. The number of aliphatic hydroxyl groups excluding tert-OH is 1. The zero-order valence-electron chi connectivity index (χ0n) is 10.0. The van der Waals surface area contributed by atoms with Gasteiger partial charge in [-0.15, -0.1) is 0 Å². The van der Waals surface area contributed by atoms with Crippen LogP contribution in [0.2, 0.25) is 0 Å². The first-order valence-corrected chi connectivity index (χ1v) is 5.84. The maximum Gasteiger partial charge on any atom is 0.268 e. The van der Waals surface area contributed by atoms with Gasteiger partial charge in [0.05, 0.1) is 12.6 Å². The van der Waals surface area contributed by atoms with Gasteiger partial charge in [0.1, 0.15) is 11.5 Å². The van der Waals surface area contributed by atoms with Crippen LogP contribution in [0.15, 0.2) is 24.3 Å². The molecule has 0 aliphatic rings. The standard InChI is InChI=1S/C13H15FN2O2/c1-2-10(7-17)15-13(18)12-6-8-5-9(14)3-4-11(8)16-12/h3-6,10,16-17H,2,7H2,1H3,(H,15,18). The minimum absolute atomic E-state index is 0.100. The average Bonchev–Trinajstić information content (AvgIpc) is 2.78. The van der Waals surface area contributed by atoms with Crippen LogP contribution < -0.4 is 5.32 Å². The summed E-state index contributed by atoms with van der Waals surface area (Å²) in [4.78, 5) is 14.8. The van der Waals surface area contributed by atoms with Gasteiger partial charge in [-0.2, -0.15) is 0 Å². The van der Waals surface area contributed by atoms with E-state index in [1.807, 2.05) is 6.92 Å². The first kappa shape index (κ1) is 12.6. The van der Waals surface area contributed by atoms with Gasteiger partial charge >= 0.3 is 0 Å². The van der Waals surface area contributed by atoms with Crippen molar-refractivity contribution in [3.8, 4) is 0 Å². The van der Waals surface area contributed by atoms with Crippen LogP contribution in [-0.2, 0) is 0 Å². The van der Waals surface area contributed by atoms with Crippen molar-refractivity contribution in [2.24, 2.45) is 0 Å². The van der Waals surface area contributed by atoms with E-state index in [-0.39, 0.29) is 24.4 Å². The van der Waals surface area contributed by atoms with Crippen LogP contribution in [0.4, 0.5) is 4.39 Å². The molecule has 1 unspecified atom stereocenters. The van der Waals surface area contributed by atoms with E-state index in [1.54, 1.807) is 12.1 Å². The Hall–Kier alpha value is -1.88. The van der Waals surface area contributed by atoms with Crippen LogP contribution in [0, 0.1) is 5.82 Å². The third-order valence-corrected chi connectivity index (χ3v) is 2.88. The van der Waals surface area contributed by atoms with Crippen LogP contribution in [0.1, 0.15) is 23.8 Å². The SMILES string of the molecule is CCC(CO)NC(=O)c1cc2cc(F)ccc2[nH]1. The third kappa shape index (κ3) is 2.51. The Labute approximate surface area is 104 Å². The molecule has 0 aliphatic heterocycles. The summed E-state index contributed by atoms with van der Waals surface area (Å²) in [6.45, 7) is 1.78. The highest BCUT2D eigenvalue weighted by molar-refractivity contribution is 5.98. The molecule has 18 heavy (non-hydrogen) atoms. The summed E-state index contributed by atoms with van der Waals surface area (Å²) in [6, 6.07) is 5.62. The third-order valence-electron chi connectivity index (χ3n) is 2.88. The number of halogens is 1. The minimum Gasteiger partial charge on any atom is -0.394 e. The molecule has 0 spiro atoms. The zero-order chi connectivity index (χ0) is 13.1. The van der Waals surface area contributed by atoms with Gasteiger partial charge in [-0.1, -0.05) is 6.92 Å². The topological polar surface area (TPSA) is 65.1 Å². The molecule has 1 aromatic heterocycles. The van der Waals surface area contributed by atoms with E-state index in [2.05, 4.69) is 10.3 Å². The number of H-pyrrole nitrogens is 1. The summed E-state index contributed by atoms with van der Waals surface area (Å²) in [6.07, 6.45) is 0.650. The smallest absolute Gasteiger partial charge is 0.268 e. The zero-order valence-corrected chi connectivity index (χ0v) is 10.0. The molecule has 2 rings (SSSR count). The first-order valence-electron chi connectivity index (χ1n) is 5.84. The van der Waals surface area contributed by atoms with Crippen molar-refractivity contribution in [3.63, 3.8) is 0 Å². The second-order valence-corrected chi connectivity index (χ2v) is 4.18. The number of rotatable bonds is 4. The monoisotopic (exact) mass is 250 g/mol. The largest absolute Gasteiger partial charge is 0.394 e. The van der Waals surface area contributed by atoms with E-state index >= 15 is 0 Å². The lowest BCUT2D eigenvalue weighted by Gasteiger charge is -2.12. The number of aromatic amines is 1. The van der Waals surface area contributed by atoms with Gasteiger partial charge in [0.2, 0.25) is 0 Å². The van der Waals surface area contributed by atoms with E-state index in [0.717, 1.165) is 0 Å². The Bertz CT molecular complexity index is 561. The summed E-state index contributed by atoms with van der Waals surface area (Å²) < 4.78 is 13.0. The van der Waals surface area contributed by atoms with Crippen molar-refractivity contribution in [3.05, 3.63) is 35.8 Å². The molecule has 0 radical (unpaired) electrons. The molecule has 2 aromatic rings. The van der Waals surface area contributed by atoms with Crippen molar-refractivity contribution in [2.45, 2.75) is 19.4 Å². The van der Waals surface area contributed by atoms with Crippen LogP contribution in [-0.4, -0.2) is 28.6 Å². The van der Waals surface area contributed by atoms with Crippen LogP contribution in [0.3, 0.4) is 0 Å². The van der Waals surface area contributed by atoms with Crippen LogP contribution in [0.5, 0.6) is 0 Å². The van der Waals surface area contributed by atoms with E-state index in [4.69, 9.17) is 5.11 Å². The van der Waals surface area contributed by atoms with Gasteiger partial charge in [-0.3, -0.25) is 4.79 Å². The minimum atomic E-state index is -0.338.